The van der Waals surface area contributed by atoms with Crippen LogP contribution in [-0.4, -0.2) is 5.84 Å². The summed E-state index contributed by atoms with van der Waals surface area (Å²) in [7, 11) is 0. The summed E-state index contributed by atoms with van der Waals surface area (Å²) in [6, 6.07) is 16.3. The van der Waals surface area contributed by atoms with E-state index >= 15 is 0 Å². The topological polar surface area (TPSA) is 49.9 Å². The SMILES string of the molecule is CCc1ccc(-c2cccc(C(=N)N)c2)cc1. The molecule has 2 nitrogen and oxygen atoms in total. The first-order valence-electron chi connectivity index (χ1n) is 5.74. The lowest BCUT2D eigenvalue weighted by atomic mass is 10.0. The van der Waals surface area contributed by atoms with Crippen LogP contribution in [0.5, 0.6) is 0 Å². The molecule has 0 saturated heterocycles. The fourth-order valence-corrected chi connectivity index (χ4v) is 1.80. The number of hydrogen-bond donors (Lipinski definition) is 2. The molecule has 0 bridgehead atoms. The fourth-order valence-electron chi connectivity index (χ4n) is 1.80. The van der Waals surface area contributed by atoms with Crippen molar-refractivity contribution in [2.75, 3.05) is 0 Å². The van der Waals surface area contributed by atoms with E-state index in [0.29, 0.717) is 0 Å². The number of amidine groups is 1. The fraction of sp³-hybridized carbons (Fsp3) is 0.133. The van der Waals surface area contributed by atoms with Gasteiger partial charge in [0.05, 0.1) is 0 Å². The first-order chi connectivity index (χ1) is 8.20. The lowest BCUT2D eigenvalue weighted by molar-refractivity contribution is 1.14. The Labute approximate surface area is 102 Å². The Kier molecular flexibility index (Phi) is 3.24. The predicted molar refractivity (Wildman–Crippen MR) is 72.3 cm³/mol. The molecule has 2 heteroatoms. The van der Waals surface area contributed by atoms with E-state index < -0.39 is 0 Å². The van der Waals surface area contributed by atoms with E-state index in [-0.39, 0.29) is 5.84 Å². The van der Waals surface area contributed by atoms with E-state index in [0.717, 1.165) is 23.1 Å². The van der Waals surface area contributed by atoms with Crippen molar-refractivity contribution in [2.24, 2.45) is 5.73 Å². The standard InChI is InChI=1S/C15H16N2/c1-2-11-6-8-12(9-7-11)13-4-3-5-14(10-13)15(16)17/h3-10H,2H2,1H3,(H3,16,17). The van der Waals surface area contributed by atoms with Gasteiger partial charge in [-0.3, -0.25) is 5.41 Å². The van der Waals surface area contributed by atoms with Crippen molar-refractivity contribution in [3.05, 3.63) is 59.7 Å². The van der Waals surface area contributed by atoms with Crippen molar-refractivity contribution in [3.63, 3.8) is 0 Å². The second-order valence-electron chi connectivity index (χ2n) is 4.04. The van der Waals surface area contributed by atoms with Gasteiger partial charge >= 0.3 is 0 Å². The van der Waals surface area contributed by atoms with Crippen LogP contribution in [0.2, 0.25) is 0 Å². The van der Waals surface area contributed by atoms with Crippen LogP contribution in [0, 0.1) is 5.41 Å². The van der Waals surface area contributed by atoms with Crippen LogP contribution < -0.4 is 5.73 Å². The van der Waals surface area contributed by atoms with Crippen LogP contribution in [0.1, 0.15) is 18.1 Å². The highest BCUT2D eigenvalue weighted by molar-refractivity contribution is 5.96. The minimum Gasteiger partial charge on any atom is -0.384 e. The Morgan fingerprint density at radius 2 is 1.76 bits per heavy atom. The molecule has 0 fully saturated rings. The monoisotopic (exact) mass is 224 g/mol. The van der Waals surface area contributed by atoms with Crippen molar-refractivity contribution in [1.82, 2.24) is 0 Å². The predicted octanol–water partition coefficient (Wildman–Crippen LogP) is 3.20. The minimum absolute atomic E-state index is 0.108. The number of hydrogen-bond acceptors (Lipinski definition) is 1. The van der Waals surface area contributed by atoms with Crippen LogP contribution in [-0.2, 0) is 6.42 Å². The summed E-state index contributed by atoms with van der Waals surface area (Å²) in [6.45, 7) is 2.14. The van der Waals surface area contributed by atoms with Gasteiger partial charge in [0.2, 0.25) is 0 Å². The number of rotatable bonds is 3. The van der Waals surface area contributed by atoms with Crippen molar-refractivity contribution in [2.45, 2.75) is 13.3 Å². The number of aryl methyl sites for hydroxylation is 1. The summed E-state index contributed by atoms with van der Waals surface area (Å²) < 4.78 is 0. The maximum atomic E-state index is 7.44. The quantitative estimate of drug-likeness (QED) is 0.610. The summed E-state index contributed by atoms with van der Waals surface area (Å²) in [5, 5.41) is 7.44. The Hall–Kier alpha value is -2.09. The van der Waals surface area contributed by atoms with E-state index in [1.165, 1.54) is 5.56 Å². The van der Waals surface area contributed by atoms with Gasteiger partial charge in [-0.2, -0.15) is 0 Å². The molecular formula is C15H16N2. The summed E-state index contributed by atoms with van der Waals surface area (Å²) in [5.74, 6) is 0.108. The highest BCUT2D eigenvalue weighted by Crippen LogP contribution is 2.21. The van der Waals surface area contributed by atoms with Crippen LogP contribution in [0.15, 0.2) is 48.5 Å². The molecule has 0 atom stereocenters. The molecule has 0 aliphatic rings. The van der Waals surface area contributed by atoms with Crippen LogP contribution in [0.3, 0.4) is 0 Å². The van der Waals surface area contributed by atoms with Gasteiger partial charge in [0.25, 0.3) is 0 Å². The van der Waals surface area contributed by atoms with Crippen LogP contribution >= 0.6 is 0 Å². The summed E-state index contributed by atoms with van der Waals surface area (Å²) in [4.78, 5) is 0. The average molecular weight is 224 g/mol. The highest BCUT2D eigenvalue weighted by Gasteiger charge is 2.01. The van der Waals surface area contributed by atoms with Gasteiger partial charge < -0.3 is 5.73 Å². The number of benzene rings is 2. The minimum atomic E-state index is 0.108. The van der Waals surface area contributed by atoms with Gasteiger partial charge in [-0.25, -0.2) is 0 Å². The third kappa shape index (κ3) is 2.53. The molecule has 0 aliphatic carbocycles. The molecule has 86 valence electrons. The molecule has 0 aliphatic heterocycles. The molecule has 2 rings (SSSR count). The first-order valence-corrected chi connectivity index (χ1v) is 5.74. The summed E-state index contributed by atoms with van der Waals surface area (Å²) in [6.07, 6.45) is 1.05. The van der Waals surface area contributed by atoms with Gasteiger partial charge in [0.1, 0.15) is 5.84 Å². The molecule has 0 heterocycles. The van der Waals surface area contributed by atoms with E-state index in [1.807, 2.05) is 24.3 Å². The molecule has 2 aromatic carbocycles. The van der Waals surface area contributed by atoms with Crippen LogP contribution in [0.25, 0.3) is 11.1 Å². The summed E-state index contributed by atoms with van der Waals surface area (Å²) >= 11 is 0. The largest absolute Gasteiger partial charge is 0.384 e. The molecule has 0 saturated carbocycles. The zero-order valence-electron chi connectivity index (χ0n) is 9.90. The number of nitrogen functional groups attached to an aromatic ring is 1. The zero-order chi connectivity index (χ0) is 12.3. The maximum absolute atomic E-state index is 7.44. The first kappa shape index (κ1) is 11.4. The van der Waals surface area contributed by atoms with Crippen molar-refractivity contribution in [3.8, 4) is 11.1 Å². The number of nitrogens with two attached hydrogens (primary N) is 1. The second-order valence-corrected chi connectivity index (χ2v) is 4.04. The van der Waals surface area contributed by atoms with Gasteiger partial charge in [0, 0.05) is 5.56 Å². The Bertz CT molecular complexity index is 527. The third-order valence-corrected chi connectivity index (χ3v) is 2.87. The molecule has 2 aromatic rings. The van der Waals surface area contributed by atoms with E-state index in [1.54, 1.807) is 0 Å². The van der Waals surface area contributed by atoms with E-state index in [9.17, 15) is 0 Å². The Balaban J connectivity index is 2.38. The van der Waals surface area contributed by atoms with Crippen LogP contribution in [0.4, 0.5) is 0 Å². The summed E-state index contributed by atoms with van der Waals surface area (Å²) in [5.41, 5.74) is 9.84. The smallest absolute Gasteiger partial charge is 0.122 e. The molecule has 17 heavy (non-hydrogen) atoms. The molecule has 0 aromatic heterocycles. The highest BCUT2D eigenvalue weighted by atomic mass is 14.7. The lowest BCUT2D eigenvalue weighted by Crippen LogP contribution is -2.10. The van der Waals surface area contributed by atoms with Crippen molar-refractivity contribution in [1.29, 1.82) is 5.41 Å². The van der Waals surface area contributed by atoms with Crippen molar-refractivity contribution >= 4 is 5.84 Å². The molecule has 0 unspecified atom stereocenters. The van der Waals surface area contributed by atoms with Gasteiger partial charge in [-0.15, -0.1) is 0 Å². The van der Waals surface area contributed by atoms with Gasteiger partial charge in [0.15, 0.2) is 0 Å². The zero-order valence-corrected chi connectivity index (χ0v) is 9.90. The van der Waals surface area contributed by atoms with Gasteiger partial charge in [-0.1, -0.05) is 49.4 Å². The Morgan fingerprint density at radius 1 is 1.06 bits per heavy atom. The third-order valence-electron chi connectivity index (χ3n) is 2.87. The maximum Gasteiger partial charge on any atom is 0.122 e. The lowest BCUT2D eigenvalue weighted by Gasteiger charge is -2.05. The molecule has 0 amide bonds. The van der Waals surface area contributed by atoms with Crippen molar-refractivity contribution < 1.29 is 0 Å². The second kappa shape index (κ2) is 4.83. The molecule has 0 radical (unpaired) electrons. The van der Waals surface area contributed by atoms with Gasteiger partial charge in [-0.05, 0) is 29.2 Å². The van der Waals surface area contributed by atoms with E-state index in [2.05, 4.69) is 31.2 Å². The normalized spacial score (nSPS) is 10.2. The average Bonchev–Trinajstić information content (AvgIpc) is 2.39. The molecular weight excluding hydrogens is 208 g/mol. The van der Waals surface area contributed by atoms with E-state index in [4.69, 9.17) is 11.1 Å². The molecule has 0 spiro atoms. The molecule has 3 N–H and O–H groups in total. The Morgan fingerprint density at radius 3 is 2.35 bits per heavy atom. The number of nitrogens with one attached hydrogen (secondary N) is 1.